The van der Waals surface area contributed by atoms with E-state index in [2.05, 4.69) is 5.32 Å². The molecule has 0 aromatic heterocycles. The van der Waals surface area contributed by atoms with Gasteiger partial charge in [0.25, 0.3) is 0 Å². The first-order valence-corrected chi connectivity index (χ1v) is 7.30. The van der Waals surface area contributed by atoms with Crippen LogP contribution in [0.15, 0.2) is 24.3 Å². The van der Waals surface area contributed by atoms with Gasteiger partial charge in [-0.05, 0) is 45.4 Å². The van der Waals surface area contributed by atoms with Gasteiger partial charge in [-0.15, -0.1) is 0 Å². The molecular formula is C16H23FN2O2. The van der Waals surface area contributed by atoms with Gasteiger partial charge in [-0.25, -0.2) is 4.39 Å². The molecule has 1 aliphatic heterocycles. The van der Waals surface area contributed by atoms with Gasteiger partial charge in [0.2, 0.25) is 5.91 Å². The first-order chi connectivity index (χ1) is 9.84. The lowest BCUT2D eigenvalue weighted by atomic mass is 10.1. The molecule has 0 bridgehead atoms. The number of rotatable bonds is 5. The first kappa shape index (κ1) is 15.9. The molecule has 2 unspecified atom stereocenters. The van der Waals surface area contributed by atoms with Crippen LogP contribution in [0.1, 0.15) is 39.4 Å². The smallest absolute Gasteiger partial charge is 0.241 e. The highest BCUT2D eigenvalue weighted by Crippen LogP contribution is 2.28. The summed E-state index contributed by atoms with van der Waals surface area (Å²) >= 11 is 0. The van der Waals surface area contributed by atoms with E-state index in [0.717, 1.165) is 5.56 Å². The van der Waals surface area contributed by atoms with Crippen molar-refractivity contribution in [3.63, 3.8) is 0 Å². The molecule has 2 atom stereocenters. The van der Waals surface area contributed by atoms with E-state index in [-0.39, 0.29) is 23.9 Å². The Morgan fingerprint density at radius 1 is 1.33 bits per heavy atom. The topological polar surface area (TPSA) is 41.6 Å². The summed E-state index contributed by atoms with van der Waals surface area (Å²) in [7, 11) is 0. The summed E-state index contributed by atoms with van der Waals surface area (Å²) in [5.41, 5.74) is 0.454. The average Bonchev–Trinajstić information content (AvgIpc) is 2.67. The highest BCUT2D eigenvalue weighted by atomic mass is 19.1. The van der Waals surface area contributed by atoms with Crippen LogP contribution in [0, 0.1) is 5.82 Å². The maximum atomic E-state index is 13.1. The van der Waals surface area contributed by atoms with Crippen molar-refractivity contribution >= 4 is 5.91 Å². The van der Waals surface area contributed by atoms with Crippen molar-refractivity contribution in [3.8, 4) is 0 Å². The first-order valence-electron chi connectivity index (χ1n) is 7.30. The maximum Gasteiger partial charge on any atom is 0.241 e. The molecule has 1 N–H and O–H groups in total. The van der Waals surface area contributed by atoms with Gasteiger partial charge >= 0.3 is 0 Å². The highest BCUT2D eigenvalue weighted by Gasteiger charge is 2.39. The maximum absolute atomic E-state index is 13.1. The number of benzene rings is 1. The quantitative estimate of drug-likeness (QED) is 0.907. The van der Waals surface area contributed by atoms with Crippen LogP contribution in [-0.2, 0) is 9.53 Å². The van der Waals surface area contributed by atoms with Crippen LogP contribution >= 0.6 is 0 Å². The monoisotopic (exact) mass is 294 g/mol. The molecule has 0 aliphatic carbocycles. The molecule has 0 saturated carbocycles. The number of carbonyl (C=O) groups is 1. The van der Waals surface area contributed by atoms with Gasteiger partial charge in [0.05, 0.1) is 18.2 Å². The predicted octanol–water partition coefficient (Wildman–Crippen LogP) is 2.46. The Morgan fingerprint density at radius 3 is 2.52 bits per heavy atom. The molecular weight excluding hydrogens is 271 g/mol. The zero-order chi connectivity index (χ0) is 15.6. The fourth-order valence-corrected chi connectivity index (χ4v) is 2.71. The van der Waals surface area contributed by atoms with Crippen LogP contribution in [0.2, 0.25) is 0 Å². The second-order valence-corrected chi connectivity index (χ2v) is 6.00. The Labute approximate surface area is 125 Å². The standard InChI is InChI=1S/C16H23FN2O2/c1-5-21-16(3,4)10-19-14(18-11(2)15(19)20)12-6-8-13(17)9-7-12/h6-9,11,14,18H,5,10H2,1-4H3. The van der Waals surface area contributed by atoms with E-state index >= 15 is 0 Å². The number of amides is 1. The lowest BCUT2D eigenvalue weighted by Crippen LogP contribution is -2.43. The van der Waals surface area contributed by atoms with E-state index < -0.39 is 5.60 Å². The molecule has 4 nitrogen and oxygen atoms in total. The minimum Gasteiger partial charge on any atom is -0.374 e. The zero-order valence-corrected chi connectivity index (χ0v) is 13.0. The second-order valence-electron chi connectivity index (χ2n) is 6.00. The van der Waals surface area contributed by atoms with Gasteiger partial charge in [-0.3, -0.25) is 10.1 Å². The molecule has 0 radical (unpaired) electrons. The van der Waals surface area contributed by atoms with E-state index in [1.54, 1.807) is 17.0 Å². The van der Waals surface area contributed by atoms with Crippen molar-refractivity contribution in [3.05, 3.63) is 35.6 Å². The summed E-state index contributed by atoms with van der Waals surface area (Å²) in [5, 5.41) is 3.25. The highest BCUT2D eigenvalue weighted by molar-refractivity contribution is 5.84. The van der Waals surface area contributed by atoms with Gasteiger partial charge in [0.1, 0.15) is 12.0 Å². The number of halogens is 1. The average molecular weight is 294 g/mol. The SMILES string of the molecule is CCOC(C)(C)CN1C(=O)C(C)NC1c1ccc(F)cc1. The van der Waals surface area contributed by atoms with Crippen LogP contribution in [0.5, 0.6) is 0 Å². The lowest BCUT2D eigenvalue weighted by molar-refractivity contribution is -0.134. The fraction of sp³-hybridized carbons (Fsp3) is 0.562. The van der Waals surface area contributed by atoms with Crippen LogP contribution in [0.3, 0.4) is 0 Å². The van der Waals surface area contributed by atoms with Gasteiger partial charge in [0.15, 0.2) is 0 Å². The van der Waals surface area contributed by atoms with E-state index in [4.69, 9.17) is 4.74 Å². The Hall–Kier alpha value is -1.46. The van der Waals surface area contributed by atoms with Gasteiger partial charge in [-0.2, -0.15) is 0 Å². The van der Waals surface area contributed by atoms with E-state index in [0.29, 0.717) is 13.2 Å². The zero-order valence-electron chi connectivity index (χ0n) is 13.0. The molecule has 21 heavy (non-hydrogen) atoms. The lowest BCUT2D eigenvalue weighted by Gasteiger charge is -2.33. The van der Waals surface area contributed by atoms with E-state index in [1.165, 1.54) is 12.1 Å². The van der Waals surface area contributed by atoms with Crippen molar-refractivity contribution in [2.24, 2.45) is 0 Å². The summed E-state index contributed by atoms with van der Waals surface area (Å²) in [4.78, 5) is 14.1. The largest absolute Gasteiger partial charge is 0.374 e. The molecule has 5 heteroatoms. The summed E-state index contributed by atoms with van der Waals surface area (Å²) in [6, 6.07) is 5.99. The third kappa shape index (κ3) is 3.60. The molecule has 1 aromatic rings. The molecule has 1 fully saturated rings. The fourth-order valence-electron chi connectivity index (χ4n) is 2.71. The molecule has 2 rings (SSSR count). The van der Waals surface area contributed by atoms with Crippen LogP contribution < -0.4 is 5.32 Å². The van der Waals surface area contributed by atoms with E-state index in [9.17, 15) is 9.18 Å². The normalized spacial score (nSPS) is 22.9. The Kier molecular flexibility index (Phi) is 4.64. The number of hydrogen-bond donors (Lipinski definition) is 1. The molecule has 1 saturated heterocycles. The second kappa shape index (κ2) is 6.12. The Bertz CT molecular complexity index is 502. The number of carbonyl (C=O) groups excluding carboxylic acids is 1. The third-order valence-electron chi connectivity index (χ3n) is 3.64. The van der Waals surface area contributed by atoms with Crippen molar-refractivity contribution in [2.45, 2.75) is 45.5 Å². The van der Waals surface area contributed by atoms with Crippen molar-refractivity contribution in [1.29, 1.82) is 0 Å². The summed E-state index contributed by atoms with van der Waals surface area (Å²) in [6.45, 7) is 8.79. The van der Waals surface area contributed by atoms with E-state index in [1.807, 2.05) is 27.7 Å². The Morgan fingerprint density at radius 2 is 1.95 bits per heavy atom. The van der Waals surface area contributed by atoms with Gasteiger partial charge < -0.3 is 9.64 Å². The summed E-state index contributed by atoms with van der Waals surface area (Å²) in [6.07, 6.45) is -0.243. The number of hydrogen-bond acceptors (Lipinski definition) is 3. The molecule has 1 aliphatic rings. The number of nitrogens with zero attached hydrogens (tertiary/aromatic N) is 1. The van der Waals surface area contributed by atoms with Gasteiger partial charge in [-0.1, -0.05) is 12.1 Å². The molecule has 116 valence electrons. The Balaban J connectivity index is 2.22. The van der Waals surface area contributed by atoms with Crippen LogP contribution in [0.4, 0.5) is 4.39 Å². The number of ether oxygens (including phenoxy) is 1. The molecule has 0 spiro atoms. The van der Waals surface area contributed by atoms with Crippen LogP contribution in [-0.4, -0.2) is 35.6 Å². The summed E-state index contributed by atoms with van der Waals surface area (Å²) < 4.78 is 18.8. The number of nitrogens with one attached hydrogen (secondary N) is 1. The minimum absolute atomic E-state index is 0.0390. The molecule has 1 aromatic carbocycles. The predicted molar refractivity (Wildman–Crippen MR) is 79.2 cm³/mol. The van der Waals surface area contributed by atoms with Gasteiger partial charge in [0, 0.05) is 6.61 Å². The van der Waals surface area contributed by atoms with Crippen LogP contribution in [0.25, 0.3) is 0 Å². The minimum atomic E-state index is -0.422. The molecule has 1 amide bonds. The van der Waals surface area contributed by atoms with Crippen molar-refractivity contribution in [2.75, 3.05) is 13.2 Å². The van der Waals surface area contributed by atoms with Crippen molar-refractivity contribution in [1.82, 2.24) is 10.2 Å². The summed E-state index contributed by atoms with van der Waals surface area (Å²) in [5.74, 6) is -0.241. The van der Waals surface area contributed by atoms with Crippen molar-refractivity contribution < 1.29 is 13.9 Å². The molecule has 1 heterocycles. The third-order valence-corrected chi connectivity index (χ3v) is 3.64.